The Kier molecular flexibility index (Phi) is 6.79. The average Bonchev–Trinajstić information content (AvgIpc) is 3.11. The lowest BCUT2D eigenvalue weighted by molar-refractivity contribution is 0.220. The molecule has 1 aliphatic rings. The van der Waals surface area contributed by atoms with Gasteiger partial charge in [-0.25, -0.2) is 13.2 Å². The van der Waals surface area contributed by atoms with Crippen LogP contribution in [0.2, 0.25) is 0 Å². The second-order valence-electron chi connectivity index (χ2n) is 7.11. The molecule has 0 saturated carbocycles. The summed E-state index contributed by atoms with van der Waals surface area (Å²) in [6.45, 7) is 4.02. The smallest absolute Gasteiger partial charge is 0.324 e. The molecule has 2 aromatic rings. The summed E-state index contributed by atoms with van der Waals surface area (Å²) in [6.07, 6.45) is 1.97. The van der Waals surface area contributed by atoms with E-state index in [0.717, 1.165) is 19.4 Å². The van der Waals surface area contributed by atoms with Gasteiger partial charge < -0.3 is 19.5 Å². The molecule has 31 heavy (non-hydrogen) atoms. The maximum Gasteiger partial charge on any atom is 0.324 e. The van der Waals surface area contributed by atoms with E-state index in [1.54, 1.807) is 21.9 Å². The number of methoxy groups -OCH3 is 2. The lowest BCUT2D eigenvalue weighted by Crippen LogP contribution is -2.32. The SMILES string of the molecule is CCCCN1CCN(c2ccc(S(=O)(=O)Nc3cc(O)c(OC)c(OC)c3)cc2)C1=O. The van der Waals surface area contributed by atoms with Crippen LogP contribution in [-0.4, -0.2) is 58.3 Å². The zero-order valence-electron chi connectivity index (χ0n) is 17.8. The van der Waals surface area contributed by atoms with E-state index in [-0.39, 0.29) is 33.9 Å². The zero-order chi connectivity index (χ0) is 22.6. The summed E-state index contributed by atoms with van der Waals surface area (Å²) < 4.78 is 38.2. The highest BCUT2D eigenvalue weighted by molar-refractivity contribution is 7.92. The van der Waals surface area contributed by atoms with Gasteiger partial charge in [0, 0.05) is 37.5 Å². The number of unbranched alkanes of at least 4 members (excludes halogenated alkanes) is 1. The summed E-state index contributed by atoms with van der Waals surface area (Å²) in [5.41, 5.74) is 0.771. The van der Waals surface area contributed by atoms with Gasteiger partial charge in [0.05, 0.1) is 24.8 Å². The highest BCUT2D eigenvalue weighted by Gasteiger charge is 2.29. The highest BCUT2D eigenvalue weighted by atomic mass is 32.2. The van der Waals surface area contributed by atoms with Crippen LogP contribution in [-0.2, 0) is 10.0 Å². The summed E-state index contributed by atoms with van der Waals surface area (Å²) in [5, 5.41) is 10.0. The Bertz CT molecular complexity index is 1040. The largest absolute Gasteiger partial charge is 0.504 e. The van der Waals surface area contributed by atoms with Gasteiger partial charge in [-0.1, -0.05) is 13.3 Å². The van der Waals surface area contributed by atoms with Crippen molar-refractivity contribution in [2.75, 3.05) is 43.5 Å². The number of phenols is 1. The Hall–Kier alpha value is -3.14. The van der Waals surface area contributed by atoms with Crippen LogP contribution < -0.4 is 19.1 Å². The number of benzene rings is 2. The predicted octanol–water partition coefficient (Wildman–Crippen LogP) is 3.25. The quantitative estimate of drug-likeness (QED) is 0.608. The molecule has 2 N–H and O–H groups in total. The zero-order valence-corrected chi connectivity index (χ0v) is 18.6. The predicted molar refractivity (Wildman–Crippen MR) is 118 cm³/mol. The lowest BCUT2D eigenvalue weighted by Gasteiger charge is -2.19. The molecular weight excluding hydrogens is 422 g/mol. The Morgan fingerprint density at radius 3 is 2.42 bits per heavy atom. The van der Waals surface area contributed by atoms with Crippen LogP contribution in [0.5, 0.6) is 17.2 Å². The van der Waals surface area contributed by atoms with Crippen molar-refractivity contribution in [1.29, 1.82) is 0 Å². The number of ether oxygens (including phenoxy) is 2. The molecule has 168 valence electrons. The molecule has 3 rings (SSSR count). The molecule has 1 aliphatic heterocycles. The molecular formula is C21H27N3O6S. The number of urea groups is 1. The van der Waals surface area contributed by atoms with Crippen LogP contribution in [0.25, 0.3) is 0 Å². The molecule has 2 amide bonds. The van der Waals surface area contributed by atoms with Crippen LogP contribution in [0, 0.1) is 0 Å². The van der Waals surface area contributed by atoms with Gasteiger partial charge in [-0.15, -0.1) is 0 Å². The number of carbonyl (C=O) groups excluding carboxylic acids is 1. The summed E-state index contributed by atoms with van der Waals surface area (Å²) in [7, 11) is -1.16. The van der Waals surface area contributed by atoms with E-state index in [0.29, 0.717) is 18.8 Å². The molecule has 0 radical (unpaired) electrons. The molecule has 0 aliphatic carbocycles. The third-order valence-electron chi connectivity index (χ3n) is 5.05. The van der Waals surface area contributed by atoms with Gasteiger partial charge in [0.2, 0.25) is 5.75 Å². The number of amides is 2. The minimum Gasteiger partial charge on any atom is -0.504 e. The first kappa shape index (κ1) is 22.5. The number of hydrogen-bond donors (Lipinski definition) is 2. The molecule has 9 nitrogen and oxygen atoms in total. The molecule has 0 spiro atoms. The van der Waals surface area contributed by atoms with E-state index < -0.39 is 10.0 Å². The maximum absolute atomic E-state index is 12.8. The molecule has 0 aromatic heterocycles. The van der Waals surface area contributed by atoms with Crippen molar-refractivity contribution in [3.63, 3.8) is 0 Å². The number of nitrogens with one attached hydrogen (secondary N) is 1. The van der Waals surface area contributed by atoms with Crippen LogP contribution in [0.15, 0.2) is 41.3 Å². The number of phenolic OH excluding ortho intramolecular Hbond substituents is 1. The van der Waals surface area contributed by atoms with Gasteiger partial charge in [0.15, 0.2) is 11.5 Å². The first-order valence-electron chi connectivity index (χ1n) is 9.95. The van der Waals surface area contributed by atoms with E-state index in [1.807, 2.05) is 0 Å². The van der Waals surface area contributed by atoms with Crippen molar-refractivity contribution in [3.05, 3.63) is 36.4 Å². The Labute approximate surface area is 182 Å². The fraction of sp³-hybridized carbons (Fsp3) is 0.381. The monoisotopic (exact) mass is 449 g/mol. The molecule has 1 heterocycles. The van der Waals surface area contributed by atoms with Gasteiger partial charge in [0.25, 0.3) is 10.0 Å². The van der Waals surface area contributed by atoms with Gasteiger partial charge in [-0.3, -0.25) is 9.62 Å². The fourth-order valence-corrected chi connectivity index (χ4v) is 4.44. The molecule has 0 unspecified atom stereocenters. The molecule has 1 fully saturated rings. The molecule has 10 heteroatoms. The summed E-state index contributed by atoms with van der Waals surface area (Å²) in [5.74, 6) is 0.0452. The van der Waals surface area contributed by atoms with Crippen LogP contribution >= 0.6 is 0 Å². The third-order valence-corrected chi connectivity index (χ3v) is 6.44. The number of anilines is 2. The third kappa shape index (κ3) is 4.79. The van der Waals surface area contributed by atoms with Gasteiger partial charge in [-0.05, 0) is 30.7 Å². The summed E-state index contributed by atoms with van der Waals surface area (Å²) >= 11 is 0. The number of nitrogens with zero attached hydrogens (tertiary/aromatic N) is 2. The van der Waals surface area contributed by atoms with Crippen LogP contribution in [0.3, 0.4) is 0 Å². The summed E-state index contributed by atoms with van der Waals surface area (Å²) in [4.78, 5) is 16.0. The Balaban J connectivity index is 1.76. The van der Waals surface area contributed by atoms with Crippen molar-refractivity contribution in [2.24, 2.45) is 0 Å². The number of aromatic hydroxyl groups is 1. The Morgan fingerprint density at radius 2 is 1.81 bits per heavy atom. The maximum atomic E-state index is 12.8. The molecule has 1 saturated heterocycles. The lowest BCUT2D eigenvalue weighted by atomic mass is 10.2. The van der Waals surface area contributed by atoms with E-state index in [2.05, 4.69) is 11.6 Å². The molecule has 2 aromatic carbocycles. The normalized spacial score (nSPS) is 14.1. The summed E-state index contributed by atoms with van der Waals surface area (Å²) in [6, 6.07) is 8.70. The standard InChI is InChI=1S/C21H27N3O6S/c1-4-5-10-23-11-12-24(21(23)26)16-6-8-17(9-7-16)31(27,28)22-15-13-18(25)20(30-3)19(14-15)29-2/h6-9,13-14,22,25H,4-5,10-12H2,1-3H3. The highest BCUT2D eigenvalue weighted by Crippen LogP contribution is 2.39. The van der Waals surface area contributed by atoms with E-state index in [1.165, 1.54) is 38.5 Å². The van der Waals surface area contributed by atoms with E-state index in [9.17, 15) is 18.3 Å². The minimum absolute atomic E-state index is 0.0278. The fourth-order valence-electron chi connectivity index (χ4n) is 3.40. The van der Waals surface area contributed by atoms with E-state index in [4.69, 9.17) is 9.47 Å². The van der Waals surface area contributed by atoms with Crippen molar-refractivity contribution < 1.29 is 27.8 Å². The van der Waals surface area contributed by atoms with Crippen molar-refractivity contribution in [2.45, 2.75) is 24.7 Å². The molecule has 0 bridgehead atoms. The second-order valence-corrected chi connectivity index (χ2v) is 8.79. The van der Waals surface area contributed by atoms with Crippen LogP contribution in [0.4, 0.5) is 16.2 Å². The van der Waals surface area contributed by atoms with Crippen LogP contribution in [0.1, 0.15) is 19.8 Å². The van der Waals surface area contributed by atoms with Gasteiger partial charge in [0.1, 0.15) is 0 Å². The first-order valence-corrected chi connectivity index (χ1v) is 11.4. The van der Waals surface area contributed by atoms with Crippen molar-refractivity contribution >= 4 is 27.4 Å². The average molecular weight is 450 g/mol. The second kappa shape index (κ2) is 9.34. The topological polar surface area (TPSA) is 108 Å². The van der Waals surface area contributed by atoms with Crippen molar-refractivity contribution in [1.82, 2.24) is 4.90 Å². The van der Waals surface area contributed by atoms with Gasteiger partial charge in [-0.2, -0.15) is 0 Å². The number of sulfonamides is 1. The number of hydrogen-bond acceptors (Lipinski definition) is 6. The first-order chi connectivity index (χ1) is 14.8. The van der Waals surface area contributed by atoms with Crippen molar-refractivity contribution in [3.8, 4) is 17.2 Å². The van der Waals surface area contributed by atoms with E-state index >= 15 is 0 Å². The number of rotatable bonds is 9. The minimum atomic E-state index is -3.92. The van der Waals surface area contributed by atoms with Gasteiger partial charge >= 0.3 is 6.03 Å². The Morgan fingerprint density at radius 1 is 1.10 bits per heavy atom. The number of carbonyl (C=O) groups is 1. The molecule has 0 atom stereocenters.